The number of rotatable bonds is 6. The van der Waals surface area contributed by atoms with E-state index in [0.717, 1.165) is 52.2 Å². The average Bonchev–Trinajstić information content (AvgIpc) is 2.84. The molecule has 0 spiro atoms. The highest BCUT2D eigenvalue weighted by molar-refractivity contribution is 5.92. The third-order valence-corrected chi connectivity index (χ3v) is 5.65. The third kappa shape index (κ3) is 5.32. The summed E-state index contributed by atoms with van der Waals surface area (Å²) < 4.78 is 11.1. The molecule has 0 bridgehead atoms. The molecule has 4 rings (SSSR count). The van der Waals surface area contributed by atoms with Crippen molar-refractivity contribution in [2.24, 2.45) is 0 Å². The quantitative estimate of drug-likeness (QED) is 0.389. The zero-order chi connectivity index (χ0) is 24.9. The van der Waals surface area contributed by atoms with Crippen LogP contribution in [0.3, 0.4) is 0 Å². The molecule has 2 amide bonds. The van der Waals surface area contributed by atoms with E-state index in [1.165, 1.54) is 9.80 Å². The summed E-state index contributed by atoms with van der Waals surface area (Å²) in [6.45, 7) is 0. The first-order valence-corrected chi connectivity index (χ1v) is 11.4. The number of ether oxygens (including phenoxy) is 2. The second-order valence-corrected chi connectivity index (χ2v) is 8.60. The summed E-state index contributed by atoms with van der Waals surface area (Å²) in [5.74, 6) is 1.03. The Balaban J connectivity index is 1.53. The van der Waals surface area contributed by atoms with E-state index in [1.807, 2.05) is 36.4 Å². The maximum absolute atomic E-state index is 12.0. The third-order valence-electron chi connectivity index (χ3n) is 5.65. The van der Waals surface area contributed by atoms with Gasteiger partial charge in [0.15, 0.2) is 0 Å². The lowest BCUT2D eigenvalue weighted by Crippen LogP contribution is -2.25. The molecule has 0 aliphatic heterocycles. The molecule has 35 heavy (non-hydrogen) atoms. The van der Waals surface area contributed by atoms with Crippen molar-refractivity contribution < 1.29 is 19.1 Å². The van der Waals surface area contributed by atoms with Crippen LogP contribution < -0.4 is 9.47 Å². The summed E-state index contributed by atoms with van der Waals surface area (Å²) in [6.07, 6.45) is 4.92. The largest absolute Gasteiger partial charge is 0.414 e. The minimum absolute atomic E-state index is 0.423. The van der Waals surface area contributed by atoms with Crippen molar-refractivity contribution in [3.05, 3.63) is 72.3 Å². The molecule has 0 radical (unpaired) electrons. The molecule has 4 aromatic rings. The number of fused-ring (bicyclic) bond motifs is 2. The molecule has 0 saturated carbocycles. The first-order valence-electron chi connectivity index (χ1n) is 11.4. The maximum atomic E-state index is 12.0. The molecule has 0 N–H and O–H groups in total. The van der Waals surface area contributed by atoms with Gasteiger partial charge in [-0.15, -0.1) is 0 Å². The lowest BCUT2D eigenvalue weighted by molar-refractivity contribution is 0.171. The van der Waals surface area contributed by atoms with Crippen LogP contribution >= 0.6 is 0 Å². The van der Waals surface area contributed by atoms with Gasteiger partial charge < -0.3 is 19.3 Å². The predicted octanol–water partition coefficient (Wildman–Crippen LogP) is 5.08. The van der Waals surface area contributed by atoms with Crippen LogP contribution in [-0.2, 0) is 12.8 Å². The number of amides is 2. The van der Waals surface area contributed by atoms with E-state index < -0.39 is 12.2 Å². The molecule has 0 atom stereocenters. The van der Waals surface area contributed by atoms with Crippen molar-refractivity contribution in [2.45, 2.75) is 19.3 Å². The lowest BCUT2D eigenvalue weighted by atomic mass is 10.0. The van der Waals surface area contributed by atoms with Gasteiger partial charge in [-0.2, -0.15) is 0 Å². The molecule has 180 valence electrons. The maximum Gasteiger partial charge on any atom is 0.414 e. The van der Waals surface area contributed by atoms with Gasteiger partial charge in [-0.1, -0.05) is 24.3 Å². The first kappa shape index (κ1) is 23.9. The summed E-state index contributed by atoms with van der Waals surface area (Å²) in [7, 11) is 6.60. The second kappa shape index (κ2) is 10.4. The normalized spacial score (nSPS) is 10.9. The number of carbonyl (C=O) groups excluding carboxylic acids is 2. The Kier molecular flexibility index (Phi) is 7.10. The van der Waals surface area contributed by atoms with Gasteiger partial charge in [-0.3, -0.25) is 9.97 Å². The average molecular weight is 473 g/mol. The van der Waals surface area contributed by atoms with Crippen molar-refractivity contribution in [1.82, 2.24) is 19.8 Å². The molecular weight excluding hydrogens is 444 g/mol. The fourth-order valence-corrected chi connectivity index (χ4v) is 3.85. The summed E-state index contributed by atoms with van der Waals surface area (Å²) in [6, 6.07) is 15.0. The zero-order valence-electron chi connectivity index (χ0n) is 20.3. The van der Waals surface area contributed by atoms with Crippen molar-refractivity contribution in [1.29, 1.82) is 0 Å². The minimum atomic E-state index is -0.423. The molecule has 8 nitrogen and oxygen atoms in total. The highest BCUT2D eigenvalue weighted by Gasteiger charge is 2.14. The van der Waals surface area contributed by atoms with E-state index in [-0.39, 0.29) is 0 Å². The van der Waals surface area contributed by atoms with Crippen LogP contribution in [0.1, 0.15) is 17.8 Å². The van der Waals surface area contributed by atoms with Crippen LogP contribution in [0.5, 0.6) is 11.5 Å². The molecule has 0 aliphatic rings. The fraction of sp³-hybridized carbons (Fsp3) is 0.259. The SMILES string of the molecule is CN(C)C(=O)Oc1cccc2c(CCCc3nccc4c(OC(=O)N(C)C)cccc34)nccc12. The zero-order valence-corrected chi connectivity index (χ0v) is 20.3. The van der Waals surface area contributed by atoms with Crippen LogP contribution in [0, 0.1) is 0 Å². The topological polar surface area (TPSA) is 84.9 Å². The van der Waals surface area contributed by atoms with Crippen LogP contribution in [0.2, 0.25) is 0 Å². The number of hydrogen-bond donors (Lipinski definition) is 0. The number of aryl methyl sites for hydroxylation is 2. The summed E-state index contributed by atoms with van der Waals surface area (Å²) in [4.78, 5) is 36.0. The van der Waals surface area contributed by atoms with E-state index in [1.54, 1.807) is 52.7 Å². The van der Waals surface area contributed by atoms with Crippen molar-refractivity contribution >= 4 is 33.7 Å². The lowest BCUT2D eigenvalue weighted by Gasteiger charge is -2.14. The highest BCUT2D eigenvalue weighted by atomic mass is 16.6. The predicted molar refractivity (Wildman–Crippen MR) is 135 cm³/mol. The monoisotopic (exact) mass is 472 g/mol. The van der Waals surface area contributed by atoms with E-state index in [2.05, 4.69) is 9.97 Å². The van der Waals surface area contributed by atoms with Gasteiger partial charge in [0.1, 0.15) is 11.5 Å². The van der Waals surface area contributed by atoms with Gasteiger partial charge in [0, 0.05) is 73.5 Å². The number of benzene rings is 2. The Bertz CT molecular complexity index is 1280. The first-order chi connectivity index (χ1) is 16.8. The molecule has 2 aromatic heterocycles. The Morgan fingerprint density at radius 3 is 1.49 bits per heavy atom. The van der Waals surface area contributed by atoms with E-state index in [4.69, 9.17) is 9.47 Å². The van der Waals surface area contributed by atoms with Crippen LogP contribution in [0.4, 0.5) is 9.59 Å². The molecule has 0 fully saturated rings. The Hall–Kier alpha value is -4.20. The van der Waals surface area contributed by atoms with Crippen molar-refractivity contribution in [3.8, 4) is 11.5 Å². The number of hydrogen-bond acceptors (Lipinski definition) is 6. The van der Waals surface area contributed by atoms with E-state index in [9.17, 15) is 9.59 Å². The molecule has 0 saturated heterocycles. The minimum Gasteiger partial charge on any atom is -0.410 e. The Morgan fingerprint density at radius 2 is 1.09 bits per heavy atom. The number of nitrogens with zero attached hydrogens (tertiary/aromatic N) is 4. The van der Waals surface area contributed by atoms with E-state index >= 15 is 0 Å². The van der Waals surface area contributed by atoms with Crippen molar-refractivity contribution in [3.63, 3.8) is 0 Å². The molecule has 2 aromatic carbocycles. The summed E-state index contributed by atoms with van der Waals surface area (Å²) in [5, 5.41) is 3.62. The second-order valence-electron chi connectivity index (χ2n) is 8.60. The summed E-state index contributed by atoms with van der Waals surface area (Å²) >= 11 is 0. The highest BCUT2D eigenvalue weighted by Crippen LogP contribution is 2.30. The van der Waals surface area contributed by atoms with Crippen molar-refractivity contribution in [2.75, 3.05) is 28.2 Å². The van der Waals surface area contributed by atoms with Crippen LogP contribution in [0.25, 0.3) is 21.5 Å². The molecule has 2 heterocycles. The molecular formula is C27H28N4O4. The number of aromatic nitrogens is 2. The van der Waals surface area contributed by atoms with E-state index in [0.29, 0.717) is 11.5 Å². The smallest absolute Gasteiger partial charge is 0.410 e. The summed E-state index contributed by atoms with van der Waals surface area (Å²) in [5.41, 5.74) is 1.87. The van der Waals surface area contributed by atoms with Crippen LogP contribution in [-0.4, -0.2) is 60.1 Å². The molecule has 0 unspecified atom stereocenters. The van der Waals surface area contributed by atoms with Gasteiger partial charge in [-0.05, 0) is 43.5 Å². The molecule has 8 heteroatoms. The number of carbonyl (C=O) groups is 2. The van der Waals surface area contributed by atoms with Gasteiger partial charge in [-0.25, -0.2) is 9.59 Å². The Labute approximate surface area is 204 Å². The number of pyridine rings is 2. The molecule has 0 aliphatic carbocycles. The van der Waals surface area contributed by atoms with Gasteiger partial charge >= 0.3 is 12.2 Å². The Morgan fingerprint density at radius 1 is 0.657 bits per heavy atom. The van der Waals surface area contributed by atoms with Gasteiger partial charge in [0.25, 0.3) is 0 Å². The fourth-order valence-electron chi connectivity index (χ4n) is 3.85. The van der Waals surface area contributed by atoms with Gasteiger partial charge in [0.05, 0.1) is 0 Å². The van der Waals surface area contributed by atoms with Crippen LogP contribution in [0.15, 0.2) is 60.9 Å². The van der Waals surface area contributed by atoms with Gasteiger partial charge in [0.2, 0.25) is 0 Å². The standard InChI is InChI=1S/C27H28N4O4/c1-30(2)26(32)34-24-12-5-8-18-20(24)14-16-28-22(18)10-7-11-23-19-9-6-13-25(21(19)15-17-29-23)35-27(33)31(3)4/h5-6,8-9,12-17H,7,10-11H2,1-4H3.